The second kappa shape index (κ2) is 12.0. The predicted octanol–water partition coefficient (Wildman–Crippen LogP) is 0.622. The molecule has 1 fully saturated rings. The van der Waals surface area contributed by atoms with E-state index in [1.165, 1.54) is 4.90 Å². The van der Waals surface area contributed by atoms with Crippen LogP contribution in [0.15, 0.2) is 36.5 Å². The molecule has 0 bridgehead atoms. The summed E-state index contributed by atoms with van der Waals surface area (Å²) in [7, 11) is 0. The molecule has 1 aliphatic rings. The molecule has 196 valence electrons. The summed E-state index contributed by atoms with van der Waals surface area (Å²) in [5, 5.41) is 29.8. The van der Waals surface area contributed by atoms with Crippen molar-refractivity contribution in [1.82, 2.24) is 25.3 Å². The Morgan fingerprint density at radius 1 is 1.17 bits per heavy atom. The van der Waals surface area contributed by atoms with Crippen molar-refractivity contribution in [3.05, 3.63) is 42.1 Å². The van der Waals surface area contributed by atoms with E-state index in [-0.39, 0.29) is 37.3 Å². The van der Waals surface area contributed by atoms with E-state index in [0.717, 1.165) is 11.3 Å². The van der Waals surface area contributed by atoms with E-state index in [2.05, 4.69) is 15.7 Å². The van der Waals surface area contributed by atoms with Gasteiger partial charge in [-0.3, -0.25) is 14.3 Å². The number of likely N-dealkylation sites (tertiary alicyclic amines) is 1. The lowest BCUT2D eigenvalue weighted by Gasteiger charge is -2.29. The molecule has 0 spiro atoms. The molecule has 0 saturated carbocycles. The second-order valence-corrected chi connectivity index (χ2v) is 9.52. The van der Waals surface area contributed by atoms with Crippen LogP contribution >= 0.6 is 0 Å². The minimum atomic E-state index is -0.787. The minimum absolute atomic E-state index is 0.110. The van der Waals surface area contributed by atoms with E-state index in [0.29, 0.717) is 18.7 Å². The van der Waals surface area contributed by atoms with Crippen LogP contribution in [0.2, 0.25) is 0 Å². The topological polar surface area (TPSA) is 163 Å². The van der Waals surface area contributed by atoms with Crippen molar-refractivity contribution in [2.75, 3.05) is 19.7 Å². The lowest BCUT2D eigenvalue weighted by molar-refractivity contribution is -0.142. The first-order valence-corrected chi connectivity index (χ1v) is 12.2. The Bertz CT molecular complexity index is 1050. The Morgan fingerprint density at radius 2 is 1.86 bits per heavy atom. The average molecular weight is 501 g/mol. The van der Waals surface area contributed by atoms with E-state index in [1.54, 1.807) is 10.9 Å². The minimum Gasteiger partial charge on any atom is -0.394 e. The average Bonchev–Trinajstić information content (AvgIpc) is 3.48. The van der Waals surface area contributed by atoms with Crippen LogP contribution in [0.4, 0.5) is 4.79 Å². The second-order valence-electron chi connectivity index (χ2n) is 9.52. The van der Waals surface area contributed by atoms with Crippen molar-refractivity contribution in [2.24, 2.45) is 17.6 Å². The van der Waals surface area contributed by atoms with Crippen LogP contribution in [0.1, 0.15) is 38.8 Å². The molecule has 4 unspecified atom stereocenters. The number of urea groups is 1. The van der Waals surface area contributed by atoms with Crippen LogP contribution in [0.3, 0.4) is 0 Å². The zero-order chi connectivity index (χ0) is 26.4. The number of β-amino-alcohol motifs (C(OH)–C–C–N with tert-alkyl or cyclic N) is 1. The van der Waals surface area contributed by atoms with Crippen molar-refractivity contribution < 1.29 is 24.6 Å². The third-order valence-electron chi connectivity index (χ3n) is 6.70. The lowest BCUT2D eigenvalue weighted by Crippen LogP contribution is -2.49. The number of nitrogens with one attached hydrogen (secondary N) is 2. The molecule has 6 N–H and O–H groups in total. The third-order valence-corrected chi connectivity index (χ3v) is 6.70. The van der Waals surface area contributed by atoms with Gasteiger partial charge in [0.05, 0.1) is 31.0 Å². The molecule has 36 heavy (non-hydrogen) atoms. The van der Waals surface area contributed by atoms with Crippen molar-refractivity contribution in [3.8, 4) is 11.3 Å². The first-order chi connectivity index (χ1) is 17.1. The number of carbonyl (C=O) groups is 3. The van der Waals surface area contributed by atoms with Crippen molar-refractivity contribution in [2.45, 2.75) is 51.9 Å². The van der Waals surface area contributed by atoms with Crippen LogP contribution < -0.4 is 16.4 Å². The van der Waals surface area contributed by atoms with Gasteiger partial charge in [0.2, 0.25) is 11.8 Å². The number of carbonyl (C=O) groups excluding carboxylic acids is 3. The van der Waals surface area contributed by atoms with Gasteiger partial charge in [0.1, 0.15) is 6.04 Å². The quantitative estimate of drug-likeness (QED) is 0.321. The van der Waals surface area contributed by atoms with Gasteiger partial charge < -0.3 is 31.5 Å². The van der Waals surface area contributed by atoms with Crippen molar-refractivity contribution in [1.29, 1.82) is 0 Å². The molecule has 1 aromatic heterocycles. The molecule has 0 radical (unpaired) electrons. The number of aliphatic hydroxyl groups is 2. The molecule has 4 amide bonds. The monoisotopic (exact) mass is 500 g/mol. The van der Waals surface area contributed by atoms with Gasteiger partial charge in [-0.1, -0.05) is 45.0 Å². The van der Waals surface area contributed by atoms with Gasteiger partial charge >= 0.3 is 6.03 Å². The van der Waals surface area contributed by atoms with E-state index < -0.39 is 30.1 Å². The van der Waals surface area contributed by atoms with Crippen LogP contribution in [0.25, 0.3) is 11.3 Å². The van der Waals surface area contributed by atoms with Crippen LogP contribution in [0.5, 0.6) is 0 Å². The summed E-state index contributed by atoms with van der Waals surface area (Å²) in [5.41, 5.74) is 7.51. The Labute approximate surface area is 210 Å². The highest BCUT2D eigenvalue weighted by Crippen LogP contribution is 2.25. The fourth-order valence-electron chi connectivity index (χ4n) is 4.28. The maximum Gasteiger partial charge on any atom is 0.312 e. The third kappa shape index (κ3) is 6.41. The number of hydrogen-bond acceptors (Lipinski definition) is 6. The lowest BCUT2D eigenvalue weighted by atomic mass is 9.96. The van der Waals surface area contributed by atoms with E-state index in [1.807, 2.05) is 51.1 Å². The summed E-state index contributed by atoms with van der Waals surface area (Å²) in [6.45, 7) is 6.29. The van der Waals surface area contributed by atoms with Gasteiger partial charge in [0.25, 0.3) is 0 Å². The highest BCUT2D eigenvalue weighted by Gasteiger charge is 2.41. The number of primary amides is 1. The van der Waals surface area contributed by atoms with Crippen LogP contribution in [0, 0.1) is 11.8 Å². The van der Waals surface area contributed by atoms with Gasteiger partial charge in [0, 0.05) is 31.6 Å². The SMILES string of the molecule is CC(C)C(C)C(=O)N1CC(O)CC1C(=O)NC(CO)c1ccc(-c2ccnn2CCNC(N)=O)cc1. The summed E-state index contributed by atoms with van der Waals surface area (Å²) in [4.78, 5) is 38.4. The molecule has 2 heterocycles. The van der Waals surface area contributed by atoms with Crippen molar-refractivity contribution >= 4 is 17.8 Å². The number of benzene rings is 1. The molecule has 4 atom stereocenters. The summed E-state index contributed by atoms with van der Waals surface area (Å²) in [5.74, 6) is -0.724. The predicted molar refractivity (Wildman–Crippen MR) is 133 cm³/mol. The number of nitrogens with zero attached hydrogens (tertiary/aromatic N) is 3. The van der Waals surface area contributed by atoms with Gasteiger partial charge in [-0.05, 0) is 23.1 Å². The molecule has 1 aromatic carbocycles. The maximum atomic E-state index is 13.1. The molecule has 11 nitrogen and oxygen atoms in total. The van der Waals surface area contributed by atoms with Gasteiger partial charge in [-0.15, -0.1) is 0 Å². The first kappa shape index (κ1) is 27.2. The van der Waals surface area contributed by atoms with E-state index in [9.17, 15) is 24.6 Å². The summed E-state index contributed by atoms with van der Waals surface area (Å²) in [6, 6.07) is 7.13. The van der Waals surface area contributed by atoms with Crippen molar-refractivity contribution in [3.63, 3.8) is 0 Å². The number of amides is 4. The standard InChI is InChI=1S/C25H36N6O5/c1-15(2)16(3)24(35)30-13-19(33)12-22(30)23(34)29-20(14-32)17-4-6-18(7-5-17)21-8-9-28-31(21)11-10-27-25(26)36/h4-9,15-16,19-20,22,32-33H,10-14H2,1-3H3,(H,29,34)(H3,26,27,36). The fourth-order valence-corrected chi connectivity index (χ4v) is 4.28. The largest absolute Gasteiger partial charge is 0.394 e. The summed E-state index contributed by atoms with van der Waals surface area (Å²) in [6.07, 6.45) is 1.06. The normalized spacial score (nSPS) is 19.2. The number of nitrogens with two attached hydrogens (primary N) is 1. The van der Waals surface area contributed by atoms with Crippen LogP contribution in [-0.4, -0.2) is 74.6 Å². The highest BCUT2D eigenvalue weighted by atomic mass is 16.3. The number of hydrogen-bond donors (Lipinski definition) is 5. The number of aliphatic hydroxyl groups excluding tert-OH is 2. The van der Waals surface area contributed by atoms with Crippen LogP contribution in [-0.2, 0) is 16.1 Å². The molecule has 1 saturated heterocycles. The van der Waals surface area contributed by atoms with Gasteiger partial charge in [0.15, 0.2) is 0 Å². The molecule has 2 aromatic rings. The molecule has 3 rings (SSSR count). The first-order valence-electron chi connectivity index (χ1n) is 12.2. The Kier molecular flexibility index (Phi) is 9.05. The molecule has 0 aliphatic carbocycles. The van der Waals surface area contributed by atoms with Gasteiger partial charge in [-0.2, -0.15) is 5.10 Å². The fraction of sp³-hybridized carbons (Fsp3) is 0.520. The maximum absolute atomic E-state index is 13.1. The molecule has 1 aliphatic heterocycles. The summed E-state index contributed by atoms with van der Waals surface area (Å²) >= 11 is 0. The smallest absolute Gasteiger partial charge is 0.312 e. The Balaban J connectivity index is 1.69. The zero-order valence-electron chi connectivity index (χ0n) is 20.9. The number of aromatic nitrogens is 2. The molecule has 11 heteroatoms. The zero-order valence-corrected chi connectivity index (χ0v) is 20.9. The Morgan fingerprint density at radius 3 is 2.47 bits per heavy atom. The molecular formula is C25H36N6O5. The molecular weight excluding hydrogens is 464 g/mol. The summed E-state index contributed by atoms with van der Waals surface area (Å²) < 4.78 is 1.74. The van der Waals surface area contributed by atoms with E-state index in [4.69, 9.17) is 5.73 Å². The highest BCUT2D eigenvalue weighted by molar-refractivity contribution is 5.89. The Hall–Kier alpha value is -3.44. The van der Waals surface area contributed by atoms with Gasteiger partial charge in [-0.25, -0.2) is 4.79 Å². The number of rotatable bonds is 10. The van der Waals surface area contributed by atoms with E-state index >= 15 is 0 Å².